The maximum absolute atomic E-state index is 12.1. The van der Waals surface area contributed by atoms with Gasteiger partial charge in [0.2, 0.25) is 0 Å². The molecule has 0 fully saturated rings. The van der Waals surface area contributed by atoms with Crippen LogP contribution in [0.1, 0.15) is 11.3 Å². The molecule has 110 valence electrons. The van der Waals surface area contributed by atoms with Gasteiger partial charge in [0.1, 0.15) is 29.1 Å². The predicted molar refractivity (Wildman–Crippen MR) is 89.3 cm³/mol. The first kappa shape index (κ1) is 14.6. The Morgan fingerprint density at radius 3 is 2.41 bits per heavy atom. The van der Waals surface area contributed by atoms with E-state index in [1.807, 2.05) is 73.7 Å². The third kappa shape index (κ3) is 3.47. The molecule has 1 atom stereocenters. The highest BCUT2D eigenvalue weighted by Gasteiger charge is 2.09. The van der Waals surface area contributed by atoms with Crippen LogP contribution in [0.25, 0.3) is 11.3 Å². The molecule has 0 N–H and O–H groups in total. The first-order valence-electron chi connectivity index (χ1n) is 6.90. The molecule has 0 radical (unpaired) electrons. The van der Waals surface area contributed by atoms with Crippen molar-refractivity contribution >= 4 is 17.6 Å². The Morgan fingerprint density at radius 1 is 0.955 bits per heavy atom. The normalized spacial score (nSPS) is 12.6. The van der Waals surface area contributed by atoms with Gasteiger partial charge in [-0.2, -0.15) is 0 Å². The molecule has 0 aliphatic heterocycles. The Balaban J connectivity index is 1.73. The molecule has 0 spiro atoms. The summed E-state index contributed by atoms with van der Waals surface area (Å²) >= 11 is -1.42. The summed E-state index contributed by atoms with van der Waals surface area (Å²) in [6.07, 6.45) is 1.50. The van der Waals surface area contributed by atoms with Gasteiger partial charge in [-0.3, -0.25) is 0 Å². The van der Waals surface area contributed by atoms with Gasteiger partial charge < -0.3 is 8.97 Å². The molecule has 3 aromatic rings. The molecular weight excluding hydrogens is 294 g/mol. The largest absolute Gasteiger partial charge is 0.586 e. The second kappa shape index (κ2) is 6.64. The van der Waals surface area contributed by atoms with E-state index >= 15 is 0 Å². The van der Waals surface area contributed by atoms with Crippen LogP contribution in [0, 0.1) is 6.92 Å². The monoisotopic (exact) mass is 309 g/mol. The molecule has 2 aromatic carbocycles. The van der Waals surface area contributed by atoms with E-state index in [4.69, 9.17) is 4.42 Å². The Kier molecular flexibility index (Phi) is 4.42. The highest BCUT2D eigenvalue weighted by molar-refractivity contribution is 7.90. The van der Waals surface area contributed by atoms with Crippen LogP contribution in [0.2, 0.25) is 0 Å². The van der Waals surface area contributed by atoms with Crippen LogP contribution in [0.15, 0.2) is 80.4 Å². The van der Waals surface area contributed by atoms with E-state index in [1.54, 1.807) is 0 Å². The van der Waals surface area contributed by atoms with E-state index in [1.165, 1.54) is 6.21 Å². The molecule has 0 aliphatic rings. The molecule has 1 aromatic heterocycles. The fourth-order valence-electron chi connectivity index (χ4n) is 2.00. The van der Waals surface area contributed by atoms with Crippen LogP contribution in [-0.2, 0) is 11.4 Å². The molecule has 3 rings (SSSR count). The van der Waals surface area contributed by atoms with Crippen LogP contribution >= 0.6 is 0 Å². The lowest BCUT2D eigenvalue weighted by Gasteiger charge is -2.01. The minimum Gasteiger partial charge on any atom is -0.586 e. The molecule has 0 saturated heterocycles. The summed E-state index contributed by atoms with van der Waals surface area (Å²) in [6, 6.07) is 21.0. The summed E-state index contributed by atoms with van der Waals surface area (Å²) < 4.78 is 21.8. The van der Waals surface area contributed by atoms with Crippen molar-refractivity contribution in [1.29, 1.82) is 0 Å². The Hall–Kier alpha value is -2.30. The van der Waals surface area contributed by atoms with E-state index in [0.29, 0.717) is 10.7 Å². The van der Waals surface area contributed by atoms with Crippen LogP contribution in [0.3, 0.4) is 0 Å². The smallest absolute Gasteiger partial charge is 0.182 e. The SMILES string of the molecule is Cc1ccc([S+]([O-])N=Cc2ccc(-c3ccccc3)o2)cc1. The number of hydrogen-bond acceptors (Lipinski definition) is 3. The lowest BCUT2D eigenvalue weighted by Crippen LogP contribution is -1.97. The minimum absolute atomic E-state index is 0.583. The summed E-state index contributed by atoms with van der Waals surface area (Å²) in [7, 11) is 0. The third-order valence-corrected chi connectivity index (χ3v) is 4.16. The van der Waals surface area contributed by atoms with Gasteiger partial charge in [-0.25, -0.2) is 0 Å². The molecule has 0 saturated carbocycles. The highest BCUT2D eigenvalue weighted by atomic mass is 32.2. The third-order valence-electron chi connectivity index (χ3n) is 3.18. The molecule has 4 heteroatoms. The van der Waals surface area contributed by atoms with Crippen molar-refractivity contribution in [2.24, 2.45) is 4.40 Å². The highest BCUT2D eigenvalue weighted by Crippen LogP contribution is 2.21. The van der Waals surface area contributed by atoms with E-state index < -0.39 is 11.4 Å². The quantitative estimate of drug-likeness (QED) is 0.530. The van der Waals surface area contributed by atoms with Crippen LogP contribution in [-0.4, -0.2) is 10.8 Å². The Bertz CT molecular complexity index is 763. The summed E-state index contributed by atoms with van der Waals surface area (Å²) in [5.41, 5.74) is 2.13. The summed E-state index contributed by atoms with van der Waals surface area (Å²) in [6.45, 7) is 1.99. The topological polar surface area (TPSA) is 48.6 Å². The predicted octanol–water partition coefficient (Wildman–Crippen LogP) is 4.40. The van der Waals surface area contributed by atoms with Crippen molar-refractivity contribution in [3.05, 3.63) is 78.1 Å². The molecule has 0 aliphatic carbocycles. The van der Waals surface area contributed by atoms with E-state index in [0.717, 1.165) is 16.9 Å². The van der Waals surface area contributed by atoms with E-state index in [2.05, 4.69) is 4.40 Å². The molecule has 22 heavy (non-hydrogen) atoms. The number of furan rings is 1. The number of aryl methyl sites for hydroxylation is 1. The maximum atomic E-state index is 12.1. The van der Waals surface area contributed by atoms with Gasteiger partial charge in [0.15, 0.2) is 4.90 Å². The van der Waals surface area contributed by atoms with Gasteiger partial charge in [0.05, 0.1) is 0 Å². The number of benzene rings is 2. The average molecular weight is 309 g/mol. The van der Waals surface area contributed by atoms with Crippen LogP contribution < -0.4 is 0 Å². The van der Waals surface area contributed by atoms with Gasteiger partial charge in [-0.15, -0.1) is 0 Å². The minimum atomic E-state index is -1.42. The lowest BCUT2D eigenvalue weighted by molar-refractivity contribution is 0.574. The standard InChI is InChI=1S/C18H15NO2S/c1-14-7-10-17(11-8-14)22(20)19-13-16-9-12-18(21-16)15-5-3-2-4-6-15/h2-13H,1H3. The van der Waals surface area contributed by atoms with Crippen molar-refractivity contribution in [1.82, 2.24) is 0 Å². The van der Waals surface area contributed by atoms with Crippen molar-refractivity contribution in [3.8, 4) is 11.3 Å². The van der Waals surface area contributed by atoms with Crippen molar-refractivity contribution in [2.45, 2.75) is 11.8 Å². The summed E-state index contributed by atoms with van der Waals surface area (Å²) in [5, 5.41) is 0. The Labute approximate surface area is 132 Å². The molecular formula is C18H15NO2S. The maximum Gasteiger partial charge on any atom is 0.182 e. The zero-order valence-corrected chi connectivity index (χ0v) is 12.9. The number of nitrogens with zero attached hydrogens (tertiary/aromatic N) is 1. The summed E-state index contributed by atoms with van der Waals surface area (Å²) in [4.78, 5) is 0.677. The first-order chi connectivity index (χ1) is 10.7. The Morgan fingerprint density at radius 2 is 1.68 bits per heavy atom. The van der Waals surface area contributed by atoms with Gasteiger partial charge >= 0.3 is 0 Å². The van der Waals surface area contributed by atoms with Gasteiger partial charge in [-0.05, 0) is 31.2 Å². The van der Waals surface area contributed by atoms with Crippen LogP contribution in [0.5, 0.6) is 0 Å². The second-order valence-corrected chi connectivity index (χ2v) is 6.05. The van der Waals surface area contributed by atoms with Gasteiger partial charge in [-0.1, -0.05) is 52.4 Å². The van der Waals surface area contributed by atoms with Crippen molar-refractivity contribution in [2.75, 3.05) is 0 Å². The van der Waals surface area contributed by atoms with Gasteiger partial charge in [0, 0.05) is 5.56 Å². The average Bonchev–Trinajstić information content (AvgIpc) is 3.03. The molecule has 0 bridgehead atoms. The number of hydrogen-bond donors (Lipinski definition) is 0. The van der Waals surface area contributed by atoms with Crippen molar-refractivity contribution in [3.63, 3.8) is 0 Å². The number of rotatable bonds is 4. The van der Waals surface area contributed by atoms with Crippen LogP contribution in [0.4, 0.5) is 0 Å². The van der Waals surface area contributed by atoms with Gasteiger partial charge in [0.25, 0.3) is 0 Å². The zero-order chi connectivity index (χ0) is 15.4. The van der Waals surface area contributed by atoms with E-state index in [-0.39, 0.29) is 0 Å². The molecule has 0 amide bonds. The zero-order valence-electron chi connectivity index (χ0n) is 12.1. The fourth-order valence-corrected chi connectivity index (χ4v) is 2.69. The summed E-state index contributed by atoms with van der Waals surface area (Å²) in [5.74, 6) is 1.35. The van der Waals surface area contributed by atoms with E-state index in [9.17, 15) is 4.55 Å². The fraction of sp³-hybridized carbons (Fsp3) is 0.0556. The molecule has 3 nitrogen and oxygen atoms in total. The second-order valence-electron chi connectivity index (χ2n) is 4.86. The molecule has 1 unspecified atom stereocenters. The molecule has 1 heterocycles. The van der Waals surface area contributed by atoms with Crippen molar-refractivity contribution < 1.29 is 8.97 Å². The lowest BCUT2D eigenvalue weighted by atomic mass is 10.2. The first-order valence-corrected chi connectivity index (χ1v) is 8.01.